The van der Waals surface area contributed by atoms with Crippen molar-refractivity contribution < 1.29 is 9.53 Å². The van der Waals surface area contributed by atoms with Crippen LogP contribution in [0.25, 0.3) is 0 Å². The van der Waals surface area contributed by atoms with Crippen LogP contribution in [0, 0.1) is 0 Å². The molecule has 0 fully saturated rings. The summed E-state index contributed by atoms with van der Waals surface area (Å²) in [6.07, 6.45) is 0. The maximum atomic E-state index is 11.8. The van der Waals surface area contributed by atoms with Crippen LogP contribution in [0.4, 0.5) is 4.79 Å². The Balaban J connectivity index is 2.18. The SMILES string of the molecule is CO[C@]1(c2ccccc2)NC(=O)NN=C1c1ccccc1. The molecule has 21 heavy (non-hydrogen) atoms. The lowest BCUT2D eigenvalue weighted by Gasteiger charge is -2.37. The molecule has 0 aromatic heterocycles. The van der Waals surface area contributed by atoms with Gasteiger partial charge in [0.1, 0.15) is 5.71 Å². The number of urea groups is 1. The molecule has 106 valence electrons. The molecule has 0 radical (unpaired) electrons. The summed E-state index contributed by atoms with van der Waals surface area (Å²) >= 11 is 0. The number of hydrogen-bond acceptors (Lipinski definition) is 3. The molecule has 0 unspecified atom stereocenters. The molecule has 2 N–H and O–H groups in total. The van der Waals surface area contributed by atoms with Gasteiger partial charge in [0.25, 0.3) is 0 Å². The lowest BCUT2D eigenvalue weighted by Crippen LogP contribution is -2.59. The quantitative estimate of drug-likeness (QED) is 0.906. The zero-order valence-electron chi connectivity index (χ0n) is 11.5. The van der Waals surface area contributed by atoms with Crippen molar-refractivity contribution in [1.82, 2.24) is 10.7 Å². The van der Waals surface area contributed by atoms with Gasteiger partial charge in [0.2, 0.25) is 5.72 Å². The first kappa shape index (κ1) is 13.3. The second-order valence-electron chi connectivity index (χ2n) is 4.64. The zero-order valence-corrected chi connectivity index (χ0v) is 11.5. The first-order valence-electron chi connectivity index (χ1n) is 6.59. The van der Waals surface area contributed by atoms with Crippen LogP contribution in [-0.4, -0.2) is 18.9 Å². The van der Waals surface area contributed by atoms with Crippen molar-refractivity contribution in [3.63, 3.8) is 0 Å². The van der Waals surface area contributed by atoms with E-state index in [0.717, 1.165) is 11.1 Å². The van der Waals surface area contributed by atoms with E-state index in [0.29, 0.717) is 5.71 Å². The van der Waals surface area contributed by atoms with Gasteiger partial charge in [-0.2, -0.15) is 5.10 Å². The zero-order chi connectivity index (χ0) is 14.7. The molecular formula is C16H15N3O2. The van der Waals surface area contributed by atoms with E-state index < -0.39 is 11.8 Å². The molecule has 0 bridgehead atoms. The number of nitrogens with zero attached hydrogens (tertiary/aromatic N) is 1. The lowest BCUT2D eigenvalue weighted by atomic mass is 9.92. The topological polar surface area (TPSA) is 62.7 Å². The molecule has 2 aromatic carbocycles. The molecule has 3 rings (SSSR count). The Kier molecular flexibility index (Phi) is 3.41. The smallest absolute Gasteiger partial charge is 0.337 e. The van der Waals surface area contributed by atoms with E-state index in [-0.39, 0.29) is 0 Å². The van der Waals surface area contributed by atoms with Gasteiger partial charge in [-0.15, -0.1) is 0 Å². The van der Waals surface area contributed by atoms with E-state index >= 15 is 0 Å². The molecule has 2 amide bonds. The third-order valence-corrected chi connectivity index (χ3v) is 3.43. The average Bonchev–Trinajstić information content (AvgIpc) is 2.56. The Morgan fingerprint density at radius 1 is 1.00 bits per heavy atom. The molecular weight excluding hydrogens is 266 g/mol. The number of nitrogens with one attached hydrogen (secondary N) is 2. The van der Waals surface area contributed by atoms with Gasteiger partial charge in [-0.25, -0.2) is 10.2 Å². The Bertz CT molecular complexity index is 670. The molecule has 0 saturated carbocycles. The second kappa shape index (κ2) is 5.38. The van der Waals surface area contributed by atoms with Crippen molar-refractivity contribution in [2.75, 3.05) is 7.11 Å². The Morgan fingerprint density at radius 3 is 2.24 bits per heavy atom. The number of benzene rings is 2. The fourth-order valence-electron chi connectivity index (χ4n) is 2.44. The highest BCUT2D eigenvalue weighted by Gasteiger charge is 2.43. The van der Waals surface area contributed by atoms with Crippen molar-refractivity contribution >= 4 is 11.7 Å². The Morgan fingerprint density at radius 2 is 1.62 bits per heavy atom. The van der Waals surface area contributed by atoms with Crippen LogP contribution in [0.5, 0.6) is 0 Å². The van der Waals surface area contributed by atoms with Crippen LogP contribution >= 0.6 is 0 Å². The minimum absolute atomic E-state index is 0.402. The van der Waals surface area contributed by atoms with Crippen LogP contribution in [0.15, 0.2) is 65.8 Å². The number of hydrazone groups is 1. The average molecular weight is 281 g/mol. The number of carbonyl (C=O) groups is 1. The van der Waals surface area contributed by atoms with E-state index in [1.807, 2.05) is 60.7 Å². The van der Waals surface area contributed by atoms with Gasteiger partial charge in [0.15, 0.2) is 0 Å². The predicted molar refractivity (Wildman–Crippen MR) is 79.8 cm³/mol. The number of amides is 2. The number of hydrogen-bond donors (Lipinski definition) is 2. The summed E-state index contributed by atoms with van der Waals surface area (Å²) in [6, 6.07) is 18.7. The molecule has 0 aliphatic carbocycles. The first-order chi connectivity index (χ1) is 10.3. The van der Waals surface area contributed by atoms with E-state index in [2.05, 4.69) is 15.8 Å². The van der Waals surface area contributed by atoms with E-state index in [1.165, 1.54) is 0 Å². The maximum absolute atomic E-state index is 11.8. The molecule has 0 spiro atoms. The molecule has 1 atom stereocenters. The van der Waals surface area contributed by atoms with Gasteiger partial charge in [-0.1, -0.05) is 60.7 Å². The van der Waals surface area contributed by atoms with Gasteiger partial charge in [-0.3, -0.25) is 5.32 Å². The summed E-state index contributed by atoms with van der Waals surface area (Å²) in [4.78, 5) is 11.8. The second-order valence-corrected chi connectivity index (χ2v) is 4.64. The van der Waals surface area contributed by atoms with Gasteiger partial charge < -0.3 is 4.74 Å². The van der Waals surface area contributed by atoms with Gasteiger partial charge >= 0.3 is 6.03 Å². The Hall–Kier alpha value is -2.66. The summed E-state index contributed by atoms with van der Waals surface area (Å²) in [7, 11) is 1.55. The van der Waals surface area contributed by atoms with Crippen LogP contribution in [0.1, 0.15) is 11.1 Å². The molecule has 0 saturated heterocycles. The highest BCUT2D eigenvalue weighted by molar-refractivity contribution is 6.10. The van der Waals surface area contributed by atoms with Gasteiger partial charge in [-0.05, 0) is 0 Å². The molecule has 5 heteroatoms. The standard InChI is InChI=1S/C16H15N3O2/c1-21-16(13-10-6-3-7-11-13)14(18-19-15(20)17-16)12-8-4-2-5-9-12/h2-11H,1H3,(H2,17,19,20)/t16-/m0/s1. The summed E-state index contributed by atoms with van der Waals surface area (Å²) < 4.78 is 5.70. The van der Waals surface area contributed by atoms with Crippen LogP contribution in [0.2, 0.25) is 0 Å². The van der Waals surface area contributed by atoms with Crippen molar-refractivity contribution in [3.05, 3.63) is 71.8 Å². The third-order valence-electron chi connectivity index (χ3n) is 3.43. The Labute approximate surface area is 122 Å². The molecule has 2 aromatic rings. The number of rotatable bonds is 3. The molecule has 1 aliphatic rings. The largest absolute Gasteiger partial charge is 0.349 e. The summed E-state index contributed by atoms with van der Waals surface area (Å²) in [5.41, 5.74) is 3.63. The van der Waals surface area contributed by atoms with Crippen molar-refractivity contribution in [2.45, 2.75) is 5.72 Å². The number of carbonyl (C=O) groups excluding carboxylic acids is 1. The van der Waals surface area contributed by atoms with E-state index in [9.17, 15) is 4.79 Å². The maximum Gasteiger partial charge on any atom is 0.337 e. The number of methoxy groups -OCH3 is 1. The van der Waals surface area contributed by atoms with Crippen LogP contribution in [0.3, 0.4) is 0 Å². The van der Waals surface area contributed by atoms with E-state index in [4.69, 9.17) is 4.74 Å². The monoisotopic (exact) mass is 281 g/mol. The highest BCUT2D eigenvalue weighted by atomic mass is 16.5. The minimum atomic E-state index is -1.11. The summed E-state index contributed by atoms with van der Waals surface area (Å²) in [5.74, 6) is 0. The third kappa shape index (κ3) is 2.28. The van der Waals surface area contributed by atoms with Crippen LogP contribution in [-0.2, 0) is 10.5 Å². The predicted octanol–water partition coefficient (Wildman–Crippen LogP) is 2.20. The van der Waals surface area contributed by atoms with Crippen LogP contribution < -0.4 is 10.7 Å². The molecule has 5 nitrogen and oxygen atoms in total. The number of ether oxygens (including phenoxy) is 1. The molecule has 1 aliphatic heterocycles. The van der Waals surface area contributed by atoms with Gasteiger partial charge in [0, 0.05) is 18.2 Å². The fourth-order valence-corrected chi connectivity index (χ4v) is 2.44. The molecule has 1 heterocycles. The van der Waals surface area contributed by atoms with Crippen molar-refractivity contribution in [1.29, 1.82) is 0 Å². The summed E-state index contributed by atoms with van der Waals surface area (Å²) in [5, 5.41) is 7.05. The fraction of sp³-hybridized carbons (Fsp3) is 0.125. The van der Waals surface area contributed by atoms with Gasteiger partial charge in [0.05, 0.1) is 0 Å². The van der Waals surface area contributed by atoms with Crippen molar-refractivity contribution in [2.24, 2.45) is 5.10 Å². The summed E-state index contributed by atoms with van der Waals surface area (Å²) in [6.45, 7) is 0. The lowest BCUT2D eigenvalue weighted by molar-refractivity contribution is 0.0234. The normalized spacial score (nSPS) is 21.2. The first-order valence-corrected chi connectivity index (χ1v) is 6.59. The minimum Gasteiger partial charge on any atom is -0.349 e. The van der Waals surface area contributed by atoms with E-state index in [1.54, 1.807) is 7.11 Å². The van der Waals surface area contributed by atoms with Crippen molar-refractivity contribution in [3.8, 4) is 0 Å². The highest BCUT2D eigenvalue weighted by Crippen LogP contribution is 2.29.